The molecule has 1 fully saturated rings. The summed E-state index contributed by atoms with van der Waals surface area (Å²) in [5.41, 5.74) is 0.592. The van der Waals surface area contributed by atoms with Crippen molar-refractivity contribution in [2.45, 2.75) is 13.0 Å². The lowest BCUT2D eigenvalue weighted by molar-refractivity contribution is 0.00238. The van der Waals surface area contributed by atoms with Crippen LogP contribution in [0.2, 0.25) is 0 Å². The Morgan fingerprint density at radius 1 is 1.55 bits per heavy atom. The van der Waals surface area contributed by atoms with Gasteiger partial charge in [-0.2, -0.15) is 5.26 Å². The van der Waals surface area contributed by atoms with Gasteiger partial charge in [-0.05, 0) is 19.1 Å². The summed E-state index contributed by atoms with van der Waals surface area (Å²) in [7, 11) is 0. The number of ketones is 1. The number of ether oxygens (including phenoxy) is 2. The fourth-order valence-corrected chi connectivity index (χ4v) is 2.19. The van der Waals surface area contributed by atoms with Crippen LogP contribution >= 0.6 is 0 Å². The number of hydrogen-bond acceptors (Lipinski definition) is 5. The second-order valence-electron chi connectivity index (χ2n) is 4.58. The molecule has 0 amide bonds. The molecule has 1 aromatic rings. The van der Waals surface area contributed by atoms with Gasteiger partial charge in [0.1, 0.15) is 5.75 Å². The van der Waals surface area contributed by atoms with Crippen LogP contribution < -0.4 is 4.74 Å². The highest BCUT2D eigenvalue weighted by molar-refractivity contribution is 6.00. The lowest BCUT2D eigenvalue weighted by Crippen LogP contribution is -2.44. The van der Waals surface area contributed by atoms with E-state index in [-0.39, 0.29) is 12.3 Å². The molecule has 1 aliphatic rings. The molecule has 1 unspecified atom stereocenters. The molecule has 1 heterocycles. The minimum absolute atomic E-state index is 0.00707. The third-order valence-corrected chi connectivity index (χ3v) is 3.15. The first-order chi connectivity index (χ1) is 9.74. The number of carbonyl (C=O) groups is 1. The number of hydrogen-bond donors (Lipinski definition) is 0. The summed E-state index contributed by atoms with van der Waals surface area (Å²) in [6, 6.07) is 9.33. The quantitative estimate of drug-likeness (QED) is 0.761. The standard InChI is InChI=1S/C15H18N2O3/c1-2-19-15-6-4-3-5-13(15)14(18)11-17-7-8-20-12(9-16)10-17/h3-6,12H,2,7-8,10-11H2,1H3. The summed E-state index contributed by atoms with van der Waals surface area (Å²) in [6.07, 6.45) is -0.446. The number of Topliss-reactive ketones (excluding diaryl/α,β-unsaturated/α-hetero) is 1. The van der Waals surface area contributed by atoms with E-state index in [0.29, 0.717) is 37.6 Å². The van der Waals surface area contributed by atoms with Crippen molar-refractivity contribution < 1.29 is 14.3 Å². The SMILES string of the molecule is CCOc1ccccc1C(=O)CN1CCOC(C#N)C1. The first-order valence-electron chi connectivity index (χ1n) is 6.73. The second-order valence-corrected chi connectivity index (χ2v) is 4.58. The molecule has 0 N–H and O–H groups in total. The molecular formula is C15H18N2O3. The van der Waals surface area contributed by atoms with Crippen LogP contribution in [-0.4, -0.2) is 49.6 Å². The van der Waals surface area contributed by atoms with E-state index >= 15 is 0 Å². The maximum atomic E-state index is 12.4. The molecule has 1 aromatic carbocycles. The predicted octanol–water partition coefficient (Wildman–Crippen LogP) is 1.49. The molecule has 20 heavy (non-hydrogen) atoms. The number of carbonyl (C=O) groups excluding carboxylic acids is 1. The minimum Gasteiger partial charge on any atom is -0.493 e. The van der Waals surface area contributed by atoms with Crippen LogP contribution in [-0.2, 0) is 4.74 Å². The Morgan fingerprint density at radius 2 is 2.35 bits per heavy atom. The molecule has 0 aromatic heterocycles. The van der Waals surface area contributed by atoms with Crippen molar-refractivity contribution in [1.82, 2.24) is 4.90 Å². The van der Waals surface area contributed by atoms with Crippen molar-refractivity contribution >= 4 is 5.78 Å². The van der Waals surface area contributed by atoms with E-state index in [1.807, 2.05) is 24.0 Å². The Morgan fingerprint density at radius 3 is 3.10 bits per heavy atom. The third-order valence-electron chi connectivity index (χ3n) is 3.15. The maximum Gasteiger partial charge on any atom is 0.180 e. The Labute approximate surface area is 118 Å². The zero-order valence-electron chi connectivity index (χ0n) is 11.5. The average molecular weight is 274 g/mol. The smallest absolute Gasteiger partial charge is 0.180 e. The molecule has 0 bridgehead atoms. The van der Waals surface area contributed by atoms with Crippen LogP contribution in [0.1, 0.15) is 17.3 Å². The largest absolute Gasteiger partial charge is 0.493 e. The van der Waals surface area contributed by atoms with Crippen LogP contribution in [0, 0.1) is 11.3 Å². The molecule has 0 spiro atoms. The van der Waals surface area contributed by atoms with Gasteiger partial charge in [-0.3, -0.25) is 9.69 Å². The highest BCUT2D eigenvalue weighted by atomic mass is 16.5. The summed E-state index contributed by atoms with van der Waals surface area (Å²) in [6.45, 7) is 4.32. The van der Waals surface area contributed by atoms with Crippen LogP contribution in [0.4, 0.5) is 0 Å². The molecule has 5 nitrogen and oxygen atoms in total. The van der Waals surface area contributed by atoms with Crippen LogP contribution in [0.15, 0.2) is 24.3 Å². The van der Waals surface area contributed by atoms with E-state index < -0.39 is 6.10 Å². The van der Waals surface area contributed by atoms with E-state index in [2.05, 4.69) is 6.07 Å². The summed E-state index contributed by atoms with van der Waals surface area (Å²) in [5, 5.41) is 8.87. The first-order valence-corrected chi connectivity index (χ1v) is 6.73. The molecule has 1 aliphatic heterocycles. The maximum absolute atomic E-state index is 12.4. The van der Waals surface area contributed by atoms with Gasteiger partial charge in [0.25, 0.3) is 0 Å². The fraction of sp³-hybridized carbons (Fsp3) is 0.467. The monoisotopic (exact) mass is 274 g/mol. The molecular weight excluding hydrogens is 256 g/mol. The Bertz CT molecular complexity index is 510. The van der Waals surface area contributed by atoms with Crippen LogP contribution in [0.25, 0.3) is 0 Å². The van der Waals surface area contributed by atoms with E-state index in [9.17, 15) is 4.79 Å². The third kappa shape index (κ3) is 3.56. The molecule has 1 atom stereocenters. The second kappa shape index (κ2) is 7.04. The highest BCUT2D eigenvalue weighted by Crippen LogP contribution is 2.19. The number of nitriles is 1. The molecule has 5 heteroatoms. The normalized spacial score (nSPS) is 19.3. The zero-order chi connectivity index (χ0) is 14.4. The van der Waals surface area contributed by atoms with Crippen molar-refractivity contribution in [3.8, 4) is 11.8 Å². The van der Waals surface area contributed by atoms with Gasteiger partial charge in [-0.25, -0.2) is 0 Å². The Kier molecular flexibility index (Phi) is 5.10. The van der Waals surface area contributed by atoms with Gasteiger partial charge in [0.05, 0.1) is 31.4 Å². The van der Waals surface area contributed by atoms with Crippen molar-refractivity contribution in [3.63, 3.8) is 0 Å². The van der Waals surface area contributed by atoms with Crippen molar-refractivity contribution in [2.24, 2.45) is 0 Å². The number of benzene rings is 1. The van der Waals surface area contributed by atoms with Crippen molar-refractivity contribution in [1.29, 1.82) is 5.26 Å². The van der Waals surface area contributed by atoms with Crippen LogP contribution in [0.5, 0.6) is 5.75 Å². The highest BCUT2D eigenvalue weighted by Gasteiger charge is 2.23. The summed E-state index contributed by atoms with van der Waals surface area (Å²) in [4.78, 5) is 14.3. The number of morpholine rings is 1. The molecule has 0 saturated carbocycles. The summed E-state index contributed by atoms with van der Waals surface area (Å²) >= 11 is 0. The van der Waals surface area contributed by atoms with Crippen molar-refractivity contribution in [3.05, 3.63) is 29.8 Å². The molecule has 1 saturated heterocycles. The van der Waals surface area contributed by atoms with E-state index in [4.69, 9.17) is 14.7 Å². The summed E-state index contributed by atoms with van der Waals surface area (Å²) < 4.78 is 10.7. The van der Waals surface area contributed by atoms with Crippen LogP contribution in [0.3, 0.4) is 0 Å². The first kappa shape index (κ1) is 14.5. The minimum atomic E-state index is -0.446. The lowest BCUT2D eigenvalue weighted by atomic mass is 10.1. The summed E-state index contributed by atoms with van der Waals surface area (Å²) in [5.74, 6) is 0.623. The molecule has 106 valence electrons. The van der Waals surface area contributed by atoms with E-state index in [0.717, 1.165) is 0 Å². The van der Waals surface area contributed by atoms with Gasteiger partial charge in [-0.15, -0.1) is 0 Å². The number of para-hydroxylation sites is 1. The lowest BCUT2D eigenvalue weighted by Gasteiger charge is -2.29. The Hall–Kier alpha value is -1.90. The van der Waals surface area contributed by atoms with E-state index in [1.54, 1.807) is 12.1 Å². The van der Waals surface area contributed by atoms with Gasteiger partial charge in [-0.1, -0.05) is 12.1 Å². The van der Waals surface area contributed by atoms with Crippen molar-refractivity contribution in [2.75, 3.05) is 32.8 Å². The Balaban J connectivity index is 2.03. The fourth-order valence-electron chi connectivity index (χ4n) is 2.19. The zero-order valence-corrected chi connectivity index (χ0v) is 11.5. The molecule has 2 rings (SSSR count). The number of rotatable bonds is 5. The molecule has 0 radical (unpaired) electrons. The van der Waals surface area contributed by atoms with Gasteiger partial charge >= 0.3 is 0 Å². The molecule has 0 aliphatic carbocycles. The average Bonchev–Trinajstić information content (AvgIpc) is 2.48. The van der Waals surface area contributed by atoms with Gasteiger partial charge in [0.15, 0.2) is 11.9 Å². The van der Waals surface area contributed by atoms with Gasteiger partial charge in [0.2, 0.25) is 0 Å². The predicted molar refractivity (Wildman–Crippen MR) is 73.7 cm³/mol. The topological polar surface area (TPSA) is 62.6 Å². The number of nitrogens with zero attached hydrogens (tertiary/aromatic N) is 2. The van der Waals surface area contributed by atoms with Gasteiger partial charge < -0.3 is 9.47 Å². The van der Waals surface area contributed by atoms with Gasteiger partial charge in [0, 0.05) is 13.1 Å². The van der Waals surface area contributed by atoms with E-state index in [1.165, 1.54) is 0 Å².